The Balaban J connectivity index is 2.03. The van der Waals surface area contributed by atoms with E-state index >= 15 is 0 Å². The van der Waals surface area contributed by atoms with E-state index in [1.54, 1.807) is 7.11 Å². The summed E-state index contributed by atoms with van der Waals surface area (Å²) in [5.74, 6) is 0.223. The summed E-state index contributed by atoms with van der Waals surface area (Å²) in [6, 6.07) is 10.8. The lowest BCUT2D eigenvalue weighted by atomic mass is 10.2. The molecule has 0 saturated carbocycles. The molecule has 0 fully saturated rings. The number of hydrogen-bond acceptors (Lipinski definition) is 3. The molecule has 0 radical (unpaired) electrons. The van der Waals surface area contributed by atoms with Crippen molar-refractivity contribution in [3.8, 4) is 5.75 Å². The number of methoxy groups -OCH3 is 1. The Kier molecular flexibility index (Phi) is 8.51. The maximum atomic E-state index is 13.8. The summed E-state index contributed by atoms with van der Waals surface area (Å²) >= 11 is 0. The summed E-state index contributed by atoms with van der Waals surface area (Å²) in [6.45, 7) is 3.78. The molecule has 0 amide bonds. The Morgan fingerprint density at radius 3 is 2.74 bits per heavy atom. The van der Waals surface area contributed by atoms with Crippen LogP contribution in [0.2, 0.25) is 0 Å². The van der Waals surface area contributed by atoms with Gasteiger partial charge in [-0.05, 0) is 37.3 Å². The van der Waals surface area contributed by atoms with E-state index in [2.05, 4.69) is 15.6 Å². The molecule has 27 heavy (non-hydrogen) atoms. The maximum Gasteiger partial charge on any atom is 0.196 e. The smallest absolute Gasteiger partial charge is 0.196 e. The van der Waals surface area contributed by atoms with Crippen molar-refractivity contribution >= 4 is 11.6 Å². The highest BCUT2D eigenvalue weighted by Gasteiger charge is 2.05. The number of anilines is 1. The van der Waals surface area contributed by atoms with Crippen LogP contribution in [0.15, 0.2) is 47.5 Å². The predicted octanol–water partition coefficient (Wildman–Crippen LogP) is 3.96. The number of benzene rings is 2. The largest absolute Gasteiger partial charge is 0.493 e. The van der Waals surface area contributed by atoms with Crippen molar-refractivity contribution in [2.45, 2.75) is 19.9 Å². The number of nitrogens with one attached hydrogen (secondary N) is 2. The molecule has 7 heteroatoms. The molecular weight excluding hydrogens is 352 g/mol. The zero-order valence-corrected chi connectivity index (χ0v) is 15.6. The van der Waals surface area contributed by atoms with Gasteiger partial charge in [-0.1, -0.05) is 6.07 Å². The third kappa shape index (κ3) is 7.22. The second kappa shape index (κ2) is 11.1. The van der Waals surface area contributed by atoms with Crippen molar-refractivity contribution in [3.63, 3.8) is 0 Å². The Morgan fingerprint density at radius 1 is 1.11 bits per heavy atom. The van der Waals surface area contributed by atoms with Crippen LogP contribution in [0.5, 0.6) is 5.75 Å². The average molecular weight is 377 g/mol. The van der Waals surface area contributed by atoms with E-state index in [0.29, 0.717) is 25.7 Å². The van der Waals surface area contributed by atoms with Gasteiger partial charge in [0.25, 0.3) is 0 Å². The lowest BCUT2D eigenvalue weighted by Crippen LogP contribution is -2.30. The van der Waals surface area contributed by atoms with Gasteiger partial charge in [-0.15, -0.1) is 0 Å². The minimum absolute atomic E-state index is 0.0200. The molecule has 2 aromatic carbocycles. The number of guanidine groups is 1. The molecular formula is C20H25F2N3O2. The van der Waals surface area contributed by atoms with Crippen LogP contribution in [0.25, 0.3) is 0 Å². The standard InChI is InChI=1S/C20H25F2N3O2/c1-3-23-20(24-14-15-12-16(21)8-9-19(15)22)25-17-6-4-7-18(13-17)27-11-5-10-26-2/h4,6-9,12-13H,3,5,10-11,14H2,1-2H3,(H2,23,24,25). The molecule has 0 aliphatic heterocycles. The fraction of sp³-hybridized carbons (Fsp3) is 0.350. The molecule has 0 bridgehead atoms. The summed E-state index contributed by atoms with van der Waals surface area (Å²) in [5, 5.41) is 6.22. The summed E-state index contributed by atoms with van der Waals surface area (Å²) in [5.41, 5.74) is 0.973. The molecule has 146 valence electrons. The van der Waals surface area contributed by atoms with Gasteiger partial charge in [0.2, 0.25) is 0 Å². The molecule has 0 atom stereocenters. The lowest BCUT2D eigenvalue weighted by molar-refractivity contribution is 0.172. The highest BCUT2D eigenvalue weighted by Crippen LogP contribution is 2.18. The number of halogens is 2. The molecule has 0 spiro atoms. The summed E-state index contributed by atoms with van der Waals surface area (Å²) in [6.07, 6.45) is 0.803. The summed E-state index contributed by atoms with van der Waals surface area (Å²) in [7, 11) is 1.65. The first-order valence-corrected chi connectivity index (χ1v) is 8.83. The molecule has 5 nitrogen and oxygen atoms in total. The normalized spacial score (nSPS) is 11.3. The average Bonchev–Trinajstić information content (AvgIpc) is 2.66. The molecule has 0 aliphatic carbocycles. The van der Waals surface area contributed by atoms with Crippen molar-refractivity contribution < 1.29 is 18.3 Å². The van der Waals surface area contributed by atoms with E-state index in [9.17, 15) is 8.78 Å². The second-order valence-corrected chi connectivity index (χ2v) is 5.78. The van der Waals surface area contributed by atoms with Gasteiger partial charge in [-0.2, -0.15) is 0 Å². The minimum atomic E-state index is -0.488. The van der Waals surface area contributed by atoms with Crippen molar-refractivity contribution in [2.24, 2.45) is 4.99 Å². The molecule has 0 saturated heterocycles. The van der Waals surface area contributed by atoms with Gasteiger partial charge in [0.15, 0.2) is 5.96 Å². The van der Waals surface area contributed by atoms with Crippen LogP contribution in [0.1, 0.15) is 18.9 Å². The van der Waals surface area contributed by atoms with E-state index in [1.165, 1.54) is 0 Å². The topological polar surface area (TPSA) is 54.9 Å². The lowest BCUT2D eigenvalue weighted by Gasteiger charge is -2.13. The van der Waals surface area contributed by atoms with E-state index in [0.717, 1.165) is 36.1 Å². The second-order valence-electron chi connectivity index (χ2n) is 5.78. The van der Waals surface area contributed by atoms with E-state index in [1.807, 2.05) is 31.2 Å². The molecule has 0 aromatic heterocycles. The van der Waals surface area contributed by atoms with Crippen LogP contribution in [0.4, 0.5) is 14.5 Å². The van der Waals surface area contributed by atoms with Gasteiger partial charge in [-0.3, -0.25) is 0 Å². The van der Waals surface area contributed by atoms with E-state index < -0.39 is 11.6 Å². The van der Waals surface area contributed by atoms with Crippen LogP contribution in [0, 0.1) is 11.6 Å². The van der Waals surface area contributed by atoms with Crippen molar-refractivity contribution in [1.29, 1.82) is 0 Å². The number of rotatable bonds is 9. The van der Waals surface area contributed by atoms with Gasteiger partial charge >= 0.3 is 0 Å². The highest BCUT2D eigenvalue weighted by atomic mass is 19.1. The molecule has 0 unspecified atom stereocenters. The third-order valence-corrected chi connectivity index (χ3v) is 3.62. The zero-order valence-electron chi connectivity index (χ0n) is 15.6. The minimum Gasteiger partial charge on any atom is -0.493 e. The Labute approximate surface area is 158 Å². The summed E-state index contributed by atoms with van der Waals surface area (Å²) in [4.78, 5) is 4.33. The van der Waals surface area contributed by atoms with Gasteiger partial charge in [0.05, 0.1) is 13.2 Å². The van der Waals surface area contributed by atoms with Gasteiger partial charge in [-0.25, -0.2) is 13.8 Å². The molecule has 0 aliphatic rings. The van der Waals surface area contributed by atoms with Gasteiger partial charge in [0.1, 0.15) is 17.4 Å². The van der Waals surface area contributed by atoms with Crippen LogP contribution < -0.4 is 15.4 Å². The monoisotopic (exact) mass is 377 g/mol. The predicted molar refractivity (Wildman–Crippen MR) is 103 cm³/mol. The van der Waals surface area contributed by atoms with Crippen LogP contribution >= 0.6 is 0 Å². The number of hydrogen-bond donors (Lipinski definition) is 2. The van der Waals surface area contributed by atoms with E-state index in [-0.39, 0.29) is 12.1 Å². The molecule has 2 N–H and O–H groups in total. The van der Waals surface area contributed by atoms with Crippen molar-refractivity contribution in [1.82, 2.24) is 5.32 Å². The first kappa shape index (κ1) is 20.6. The first-order valence-electron chi connectivity index (χ1n) is 8.83. The maximum absolute atomic E-state index is 13.8. The fourth-order valence-corrected chi connectivity index (χ4v) is 2.33. The number of ether oxygens (including phenoxy) is 2. The SMILES string of the molecule is CCNC(=NCc1cc(F)ccc1F)Nc1cccc(OCCCOC)c1. The van der Waals surface area contributed by atoms with Crippen molar-refractivity contribution in [2.75, 3.05) is 32.2 Å². The fourth-order valence-electron chi connectivity index (χ4n) is 2.33. The van der Waals surface area contributed by atoms with Crippen molar-refractivity contribution in [3.05, 3.63) is 59.7 Å². The molecule has 0 heterocycles. The third-order valence-electron chi connectivity index (χ3n) is 3.62. The molecule has 2 aromatic rings. The first-order chi connectivity index (χ1) is 13.1. The van der Waals surface area contributed by atoms with Gasteiger partial charge in [0, 0.05) is 44.0 Å². The van der Waals surface area contributed by atoms with Crippen LogP contribution in [-0.2, 0) is 11.3 Å². The summed E-state index contributed by atoms with van der Waals surface area (Å²) < 4.78 is 37.7. The van der Waals surface area contributed by atoms with Gasteiger partial charge < -0.3 is 20.1 Å². The van der Waals surface area contributed by atoms with Crippen LogP contribution in [-0.4, -0.2) is 32.8 Å². The zero-order chi connectivity index (χ0) is 19.5. The molecule has 2 rings (SSSR count). The Bertz CT molecular complexity index is 754. The Morgan fingerprint density at radius 2 is 1.96 bits per heavy atom. The number of nitrogens with zero attached hydrogens (tertiary/aromatic N) is 1. The van der Waals surface area contributed by atoms with Crippen LogP contribution in [0.3, 0.4) is 0 Å². The highest BCUT2D eigenvalue weighted by molar-refractivity contribution is 5.93. The number of aliphatic imine (C=N–C) groups is 1. The Hall–Kier alpha value is -2.67. The van der Waals surface area contributed by atoms with E-state index in [4.69, 9.17) is 9.47 Å². The quantitative estimate of drug-likeness (QED) is 0.395.